The summed E-state index contributed by atoms with van der Waals surface area (Å²) in [5.74, 6) is 0.00408. The highest BCUT2D eigenvalue weighted by Gasteiger charge is 2.44. The number of hydrogen-bond acceptors (Lipinski definition) is 3. The third kappa shape index (κ3) is 4.81. The summed E-state index contributed by atoms with van der Waals surface area (Å²) in [6, 6.07) is 4.86. The third-order valence-corrected chi connectivity index (χ3v) is 3.87. The van der Waals surface area contributed by atoms with Crippen molar-refractivity contribution >= 4 is 11.7 Å². The van der Waals surface area contributed by atoms with E-state index in [9.17, 15) is 18.0 Å². The maximum absolute atomic E-state index is 12.7. The number of aliphatic imine (C=N–C) groups is 1. The van der Waals surface area contributed by atoms with E-state index in [1.807, 2.05) is 27.7 Å². The Labute approximate surface area is 146 Å². The van der Waals surface area contributed by atoms with E-state index in [-0.39, 0.29) is 17.3 Å². The number of carbonyl (C=O) groups excluding carboxylic acids is 1. The molecule has 0 unspecified atom stereocenters. The molecule has 0 aliphatic carbocycles. The number of rotatable bonds is 1. The second-order valence-electron chi connectivity index (χ2n) is 5.27. The van der Waals surface area contributed by atoms with E-state index in [1.165, 1.54) is 12.1 Å². The summed E-state index contributed by atoms with van der Waals surface area (Å²) < 4.78 is 38.2. The van der Waals surface area contributed by atoms with Crippen LogP contribution in [0.2, 0.25) is 0 Å². The highest BCUT2D eigenvalue weighted by atomic mass is 19.4. The van der Waals surface area contributed by atoms with Gasteiger partial charge < -0.3 is 10.6 Å². The molecule has 1 spiro atoms. The molecule has 0 atom stereocenters. The number of halogens is 3. The highest BCUT2D eigenvalue weighted by Crippen LogP contribution is 2.31. The van der Waals surface area contributed by atoms with E-state index in [4.69, 9.17) is 0 Å². The van der Waals surface area contributed by atoms with Crippen LogP contribution < -0.4 is 10.6 Å². The van der Waals surface area contributed by atoms with Gasteiger partial charge in [0.2, 0.25) is 0 Å². The average Bonchev–Trinajstić information content (AvgIpc) is 2.95. The molecule has 1 fully saturated rings. The lowest BCUT2D eigenvalue weighted by molar-refractivity contribution is -0.137. The zero-order valence-electron chi connectivity index (χ0n) is 15.1. The quantitative estimate of drug-likeness (QED) is 0.804. The lowest BCUT2D eigenvalue weighted by Crippen LogP contribution is -2.47. The van der Waals surface area contributed by atoms with Crippen LogP contribution >= 0.6 is 0 Å². The second kappa shape index (κ2) is 8.99. The van der Waals surface area contributed by atoms with Crippen molar-refractivity contribution in [1.29, 1.82) is 0 Å². The summed E-state index contributed by atoms with van der Waals surface area (Å²) in [6.45, 7) is 9.35. The van der Waals surface area contributed by atoms with Crippen LogP contribution in [0.4, 0.5) is 13.2 Å². The molecule has 2 N–H and O–H groups in total. The molecule has 1 saturated heterocycles. The van der Waals surface area contributed by atoms with E-state index in [1.54, 1.807) is 0 Å². The van der Waals surface area contributed by atoms with Crippen molar-refractivity contribution in [2.45, 2.75) is 52.3 Å². The largest absolute Gasteiger partial charge is 0.416 e. The van der Waals surface area contributed by atoms with Gasteiger partial charge in [-0.05, 0) is 38.1 Å². The van der Waals surface area contributed by atoms with Crippen LogP contribution in [0.5, 0.6) is 0 Å². The second-order valence-corrected chi connectivity index (χ2v) is 5.27. The van der Waals surface area contributed by atoms with Crippen molar-refractivity contribution in [3.05, 3.63) is 35.4 Å². The van der Waals surface area contributed by atoms with Gasteiger partial charge in [-0.3, -0.25) is 9.79 Å². The summed E-state index contributed by atoms with van der Waals surface area (Å²) in [5.41, 5.74) is -1.29. The lowest BCUT2D eigenvalue weighted by atomic mass is 9.89. The first-order chi connectivity index (χ1) is 11.9. The summed E-state index contributed by atoms with van der Waals surface area (Å²) >= 11 is 0. The molecule has 7 heteroatoms. The van der Waals surface area contributed by atoms with Crippen LogP contribution in [0.15, 0.2) is 29.3 Å². The van der Waals surface area contributed by atoms with Gasteiger partial charge in [0, 0.05) is 5.56 Å². The fourth-order valence-electron chi connectivity index (χ4n) is 2.68. The molecule has 0 bridgehead atoms. The minimum absolute atomic E-state index is 0.226. The predicted octanol–water partition coefficient (Wildman–Crippen LogP) is 3.76. The van der Waals surface area contributed by atoms with Crippen molar-refractivity contribution in [1.82, 2.24) is 10.6 Å². The Bertz CT molecular complexity index is 606. The molecule has 2 aliphatic rings. The molecule has 2 heterocycles. The summed E-state index contributed by atoms with van der Waals surface area (Å²) in [4.78, 5) is 16.5. The number of nitrogens with zero attached hydrogens (tertiary/aromatic N) is 1. The third-order valence-electron chi connectivity index (χ3n) is 3.87. The lowest BCUT2D eigenvalue weighted by Gasteiger charge is -2.28. The van der Waals surface area contributed by atoms with Crippen LogP contribution in [0.1, 0.15) is 51.7 Å². The average molecular weight is 357 g/mol. The standard InChI is InChI=1S/C14H14F3N3O.2C2H6/c15-14(16,17)10-3-1-2-9(8-10)11-19-12(21)13(20-11)4-6-18-7-5-13;2*1-2/h1-3,8,18H,4-7H2,(H,19,20,21);2*1-2H3. The van der Waals surface area contributed by atoms with Gasteiger partial charge >= 0.3 is 6.18 Å². The number of carbonyl (C=O) groups is 1. The number of hydrogen-bond donors (Lipinski definition) is 2. The van der Waals surface area contributed by atoms with Crippen LogP contribution in [0.3, 0.4) is 0 Å². The van der Waals surface area contributed by atoms with E-state index >= 15 is 0 Å². The number of amides is 1. The van der Waals surface area contributed by atoms with E-state index in [2.05, 4.69) is 15.6 Å². The number of alkyl halides is 3. The van der Waals surface area contributed by atoms with Gasteiger partial charge in [0.1, 0.15) is 11.4 Å². The Balaban J connectivity index is 0.000000730. The summed E-state index contributed by atoms with van der Waals surface area (Å²) in [5, 5.41) is 5.77. The Morgan fingerprint density at radius 2 is 1.68 bits per heavy atom. The van der Waals surface area contributed by atoms with Gasteiger partial charge in [0.15, 0.2) is 0 Å². The Morgan fingerprint density at radius 3 is 2.24 bits per heavy atom. The van der Waals surface area contributed by atoms with Crippen molar-refractivity contribution in [2.24, 2.45) is 4.99 Å². The molecular formula is C18H26F3N3O. The minimum Gasteiger partial charge on any atom is -0.317 e. The SMILES string of the molecule is CC.CC.O=C1NC(c2cccc(C(F)(F)F)c2)=NC12CCNCC2. The topological polar surface area (TPSA) is 53.5 Å². The smallest absolute Gasteiger partial charge is 0.317 e. The van der Waals surface area contributed by atoms with Gasteiger partial charge in [-0.2, -0.15) is 13.2 Å². The molecule has 25 heavy (non-hydrogen) atoms. The van der Waals surface area contributed by atoms with Gasteiger partial charge in [-0.15, -0.1) is 0 Å². The van der Waals surface area contributed by atoms with Crippen LogP contribution in [-0.2, 0) is 11.0 Å². The molecule has 2 aliphatic heterocycles. The van der Waals surface area contributed by atoms with Crippen LogP contribution in [0.25, 0.3) is 0 Å². The highest BCUT2D eigenvalue weighted by molar-refractivity contribution is 6.15. The predicted molar refractivity (Wildman–Crippen MR) is 93.7 cm³/mol. The fourth-order valence-corrected chi connectivity index (χ4v) is 2.68. The molecule has 1 amide bonds. The molecule has 140 valence electrons. The summed E-state index contributed by atoms with van der Waals surface area (Å²) in [7, 11) is 0. The number of amidine groups is 1. The number of benzene rings is 1. The molecule has 1 aromatic rings. The first kappa shape index (κ1) is 21.2. The van der Waals surface area contributed by atoms with Crippen molar-refractivity contribution in [3.8, 4) is 0 Å². The van der Waals surface area contributed by atoms with Crippen molar-refractivity contribution in [2.75, 3.05) is 13.1 Å². The maximum atomic E-state index is 12.7. The first-order valence-electron chi connectivity index (χ1n) is 8.70. The Morgan fingerprint density at radius 1 is 1.08 bits per heavy atom. The minimum atomic E-state index is -4.41. The monoisotopic (exact) mass is 357 g/mol. The van der Waals surface area contributed by atoms with E-state index in [0.717, 1.165) is 12.1 Å². The Hall–Kier alpha value is -1.89. The number of piperidine rings is 1. The van der Waals surface area contributed by atoms with Crippen molar-refractivity contribution in [3.63, 3.8) is 0 Å². The van der Waals surface area contributed by atoms with Crippen LogP contribution in [0, 0.1) is 0 Å². The van der Waals surface area contributed by atoms with Gasteiger partial charge in [0.25, 0.3) is 5.91 Å². The molecule has 0 aromatic heterocycles. The normalized spacial score (nSPS) is 18.4. The van der Waals surface area contributed by atoms with Crippen molar-refractivity contribution < 1.29 is 18.0 Å². The molecular weight excluding hydrogens is 331 g/mol. The zero-order valence-corrected chi connectivity index (χ0v) is 15.1. The fraction of sp³-hybridized carbons (Fsp3) is 0.556. The summed E-state index contributed by atoms with van der Waals surface area (Å²) in [6.07, 6.45) is -3.30. The molecule has 0 saturated carbocycles. The first-order valence-corrected chi connectivity index (χ1v) is 8.70. The molecule has 0 radical (unpaired) electrons. The number of nitrogens with one attached hydrogen (secondary N) is 2. The van der Waals surface area contributed by atoms with E-state index in [0.29, 0.717) is 25.9 Å². The molecule has 3 rings (SSSR count). The molecule has 4 nitrogen and oxygen atoms in total. The van der Waals surface area contributed by atoms with Gasteiger partial charge in [-0.25, -0.2) is 0 Å². The van der Waals surface area contributed by atoms with Gasteiger partial charge in [0.05, 0.1) is 5.56 Å². The maximum Gasteiger partial charge on any atom is 0.416 e. The van der Waals surface area contributed by atoms with Gasteiger partial charge in [-0.1, -0.05) is 39.8 Å². The molecule has 1 aromatic carbocycles. The Kier molecular flexibility index (Phi) is 7.60. The van der Waals surface area contributed by atoms with E-state index < -0.39 is 17.3 Å². The van der Waals surface area contributed by atoms with Crippen LogP contribution in [-0.4, -0.2) is 30.4 Å². The zero-order chi connectivity index (χ0) is 19.1.